The highest BCUT2D eigenvalue weighted by Gasteiger charge is 2.24. The van der Waals surface area contributed by atoms with Crippen LogP contribution in [0, 0.1) is 5.92 Å². The third-order valence-corrected chi connectivity index (χ3v) is 6.99. The summed E-state index contributed by atoms with van der Waals surface area (Å²) in [7, 11) is 0.127. The minimum Gasteiger partial charge on any atom is -0.380 e. The Morgan fingerprint density at radius 2 is 2.19 bits per heavy atom. The van der Waals surface area contributed by atoms with Crippen molar-refractivity contribution in [3.8, 4) is 0 Å². The van der Waals surface area contributed by atoms with Gasteiger partial charge in [0.2, 0.25) is 0 Å². The molecule has 120 valence electrons. The van der Waals surface area contributed by atoms with Crippen LogP contribution in [0.3, 0.4) is 0 Å². The zero-order valence-electron chi connectivity index (χ0n) is 12.7. The molecule has 1 fully saturated rings. The van der Waals surface area contributed by atoms with E-state index in [-0.39, 0.29) is 0 Å². The topological polar surface area (TPSA) is 58.6 Å². The first kappa shape index (κ1) is 16.9. The summed E-state index contributed by atoms with van der Waals surface area (Å²) in [6.07, 6.45) is 3.35. The molecule has 1 N–H and O–H groups in total. The third-order valence-electron chi connectivity index (χ3n) is 3.52. The van der Waals surface area contributed by atoms with E-state index in [4.69, 9.17) is 4.74 Å². The molecule has 0 amide bonds. The van der Waals surface area contributed by atoms with Gasteiger partial charge in [0.1, 0.15) is 4.21 Å². The van der Waals surface area contributed by atoms with Crippen molar-refractivity contribution in [2.45, 2.75) is 23.5 Å². The van der Waals surface area contributed by atoms with Gasteiger partial charge in [0.15, 0.2) is 0 Å². The maximum Gasteiger partial charge on any atom is 0.252 e. The zero-order chi connectivity index (χ0) is 15.3. The van der Waals surface area contributed by atoms with Crippen LogP contribution in [0.5, 0.6) is 0 Å². The van der Waals surface area contributed by atoms with E-state index in [1.165, 1.54) is 28.5 Å². The molecule has 0 saturated heterocycles. The van der Waals surface area contributed by atoms with Gasteiger partial charge in [0.25, 0.3) is 10.0 Å². The maximum atomic E-state index is 12.4. The SMILES string of the molecule is CNCCc1ccc(S(=O)(=O)N(C)CCOCC2CC2)s1. The third kappa shape index (κ3) is 5.03. The summed E-state index contributed by atoms with van der Waals surface area (Å²) in [5, 5.41) is 3.07. The smallest absolute Gasteiger partial charge is 0.252 e. The van der Waals surface area contributed by atoms with Crippen LogP contribution in [0.1, 0.15) is 17.7 Å². The average Bonchev–Trinajstić information content (AvgIpc) is 3.16. The molecule has 1 saturated carbocycles. The summed E-state index contributed by atoms with van der Waals surface area (Å²) in [4.78, 5) is 1.08. The first-order chi connectivity index (χ1) is 10.0. The second kappa shape index (κ2) is 7.69. The number of rotatable bonds is 10. The summed E-state index contributed by atoms with van der Waals surface area (Å²) in [6, 6.07) is 3.60. The molecular formula is C14H24N2O3S2. The highest BCUT2D eigenvalue weighted by atomic mass is 32.2. The van der Waals surface area contributed by atoms with E-state index in [0.717, 1.165) is 24.4 Å². The Kier molecular flexibility index (Phi) is 6.19. The monoisotopic (exact) mass is 332 g/mol. The zero-order valence-corrected chi connectivity index (χ0v) is 14.3. The number of ether oxygens (including phenoxy) is 1. The van der Waals surface area contributed by atoms with Crippen molar-refractivity contribution < 1.29 is 13.2 Å². The van der Waals surface area contributed by atoms with Gasteiger partial charge in [-0.05, 0) is 50.9 Å². The first-order valence-corrected chi connectivity index (χ1v) is 9.57. The van der Waals surface area contributed by atoms with Crippen molar-refractivity contribution >= 4 is 21.4 Å². The minimum atomic E-state index is -3.38. The Labute approximate surface area is 131 Å². The van der Waals surface area contributed by atoms with Gasteiger partial charge < -0.3 is 10.1 Å². The highest BCUT2D eigenvalue weighted by Crippen LogP contribution is 2.29. The van der Waals surface area contributed by atoms with Crippen molar-refractivity contribution in [1.82, 2.24) is 9.62 Å². The lowest BCUT2D eigenvalue weighted by molar-refractivity contribution is 0.117. The summed E-state index contributed by atoms with van der Waals surface area (Å²) in [5.41, 5.74) is 0. The number of nitrogens with one attached hydrogen (secondary N) is 1. The predicted octanol–water partition coefficient (Wildman–Crippen LogP) is 1.56. The van der Waals surface area contributed by atoms with E-state index >= 15 is 0 Å². The molecule has 1 heterocycles. The lowest BCUT2D eigenvalue weighted by atomic mass is 10.3. The molecule has 0 unspecified atom stereocenters. The Morgan fingerprint density at radius 1 is 1.43 bits per heavy atom. The number of sulfonamides is 1. The van der Waals surface area contributed by atoms with Crippen molar-refractivity contribution in [2.24, 2.45) is 5.92 Å². The number of nitrogens with zero attached hydrogens (tertiary/aromatic N) is 1. The molecule has 1 aromatic heterocycles. The lowest BCUT2D eigenvalue weighted by Gasteiger charge is -2.15. The Balaban J connectivity index is 1.84. The molecule has 7 heteroatoms. The van der Waals surface area contributed by atoms with Gasteiger partial charge in [0.05, 0.1) is 6.61 Å². The van der Waals surface area contributed by atoms with Crippen molar-refractivity contribution in [3.05, 3.63) is 17.0 Å². The molecule has 5 nitrogen and oxygen atoms in total. The molecule has 0 aromatic carbocycles. The van der Waals surface area contributed by atoms with Crippen LogP contribution in [0.4, 0.5) is 0 Å². The molecule has 1 aliphatic carbocycles. The van der Waals surface area contributed by atoms with Gasteiger partial charge in [-0.3, -0.25) is 0 Å². The van der Waals surface area contributed by atoms with Crippen LogP contribution >= 0.6 is 11.3 Å². The summed E-state index contributed by atoms with van der Waals surface area (Å²) in [6.45, 7) is 2.48. The molecule has 21 heavy (non-hydrogen) atoms. The molecule has 0 aliphatic heterocycles. The van der Waals surface area contributed by atoms with Gasteiger partial charge >= 0.3 is 0 Å². The summed E-state index contributed by atoms with van der Waals surface area (Å²) >= 11 is 1.35. The van der Waals surface area contributed by atoms with E-state index in [2.05, 4.69) is 5.32 Å². The van der Waals surface area contributed by atoms with Crippen LogP contribution in [0.2, 0.25) is 0 Å². The molecule has 0 bridgehead atoms. The van der Waals surface area contributed by atoms with Crippen LogP contribution in [-0.4, -0.2) is 53.1 Å². The number of hydrogen-bond acceptors (Lipinski definition) is 5. The molecular weight excluding hydrogens is 308 g/mol. The summed E-state index contributed by atoms with van der Waals surface area (Å²) in [5.74, 6) is 0.707. The highest BCUT2D eigenvalue weighted by molar-refractivity contribution is 7.91. The molecule has 2 rings (SSSR count). The van der Waals surface area contributed by atoms with E-state index in [1.54, 1.807) is 13.1 Å². The van der Waals surface area contributed by atoms with Crippen LogP contribution in [0.15, 0.2) is 16.3 Å². The Bertz CT molecular complexity index is 538. The lowest BCUT2D eigenvalue weighted by Crippen LogP contribution is -2.30. The summed E-state index contributed by atoms with van der Waals surface area (Å²) < 4.78 is 32.2. The number of thiophene rings is 1. The van der Waals surface area contributed by atoms with Gasteiger partial charge in [0, 0.05) is 25.1 Å². The average molecular weight is 332 g/mol. The van der Waals surface area contributed by atoms with Crippen LogP contribution in [-0.2, 0) is 21.2 Å². The fraction of sp³-hybridized carbons (Fsp3) is 0.714. The fourth-order valence-corrected chi connectivity index (χ4v) is 4.60. The van der Waals surface area contributed by atoms with Gasteiger partial charge in [-0.25, -0.2) is 8.42 Å². The van der Waals surface area contributed by atoms with Gasteiger partial charge in [-0.1, -0.05) is 0 Å². The van der Waals surface area contributed by atoms with Gasteiger partial charge in [-0.2, -0.15) is 4.31 Å². The normalized spacial score (nSPS) is 15.8. The second-order valence-electron chi connectivity index (χ2n) is 5.42. The number of likely N-dealkylation sites (N-methyl/N-ethyl adjacent to an activating group) is 2. The van der Waals surface area contributed by atoms with Crippen molar-refractivity contribution in [2.75, 3.05) is 40.4 Å². The Hall–Kier alpha value is -0.470. The quantitative estimate of drug-likeness (QED) is 0.661. The van der Waals surface area contributed by atoms with E-state index in [9.17, 15) is 8.42 Å². The van der Waals surface area contributed by atoms with E-state index in [0.29, 0.717) is 23.3 Å². The largest absolute Gasteiger partial charge is 0.380 e. The Morgan fingerprint density at radius 3 is 2.86 bits per heavy atom. The molecule has 1 aliphatic rings. The first-order valence-electron chi connectivity index (χ1n) is 7.31. The fourth-order valence-electron chi connectivity index (χ4n) is 1.88. The van der Waals surface area contributed by atoms with E-state index < -0.39 is 10.0 Å². The standard InChI is InChI=1S/C14H24N2O3S2/c1-15-8-7-13-5-6-14(20-13)21(17,18)16(2)9-10-19-11-12-3-4-12/h5-6,12,15H,3-4,7-11H2,1-2H3. The molecule has 0 atom stereocenters. The number of hydrogen-bond donors (Lipinski definition) is 1. The van der Waals surface area contributed by atoms with E-state index in [1.807, 2.05) is 13.1 Å². The van der Waals surface area contributed by atoms with Crippen LogP contribution in [0.25, 0.3) is 0 Å². The molecule has 0 spiro atoms. The van der Waals surface area contributed by atoms with Crippen molar-refractivity contribution in [3.63, 3.8) is 0 Å². The predicted molar refractivity (Wildman–Crippen MR) is 85.3 cm³/mol. The maximum absolute atomic E-state index is 12.4. The second-order valence-corrected chi connectivity index (χ2v) is 8.86. The minimum absolute atomic E-state index is 0.402. The van der Waals surface area contributed by atoms with Crippen molar-refractivity contribution in [1.29, 1.82) is 0 Å². The molecule has 0 radical (unpaired) electrons. The van der Waals surface area contributed by atoms with Crippen LogP contribution < -0.4 is 5.32 Å². The van der Waals surface area contributed by atoms with Gasteiger partial charge in [-0.15, -0.1) is 11.3 Å². The molecule has 1 aromatic rings.